The Kier molecular flexibility index (Phi) is 8.97. The van der Waals surface area contributed by atoms with E-state index in [9.17, 15) is 36.3 Å². The molecule has 3 aliphatic rings. The minimum atomic E-state index is -4.65. The molecule has 0 unspecified atom stereocenters. The number of halogens is 6. The van der Waals surface area contributed by atoms with Crippen LogP contribution in [0.3, 0.4) is 0 Å². The van der Waals surface area contributed by atoms with Crippen molar-refractivity contribution in [1.82, 2.24) is 15.1 Å². The maximum Gasteiger partial charge on any atom is 0.416 e. The van der Waals surface area contributed by atoms with Crippen LogP contribution >= 0.6 is 11.6 Å². The standard InChI is InChI=1S/C31H33ClF5N3O4/c1-2-40(28(43)44-22-7-5-21(33)6-8-22)30(18-38-17-23(30)20-4-9-24(32)25(34)16-20)26(41)19-10-14-39(15-11-19)27(42)29(12-3-13-29)31(35,36)37/h4-9,16,19,23,38H,2-3,10-15,17-18H2,1H3/t23-,30+/m0/s1. The highest BCUT2D eigenvalue weighted by Gasteiger charge is 2.65. The van der Waals surface area contributed by atoms with Crippen LogP contribution in [0.4, 0.5) is 26.7 Å². The molecule has 1 aliphatic carbocycles. The van der Waals surface area contributed by atoms with Crippen molar-refractivity contribution in [1.29, 1.82) is 0 Å². The van der Waals surface area contributed by atoms with Crippen molar-refractivity contribution in [2.24, 2.45) is 11.3 Å². The Morgan fingerprint density at radius 2 is 1.73 bits per heavy atom. The van der Waals surface area contributed by atoms with Crippen molar-refractivity contribution < 1.29 is 41.1 Å². The summed E-state index contributed by atoms with van der Waals surface area (Å²) >= 11 is 5.93. The highest BCUT2D eigenvalue weighted by molar-refractivity contribution is 6.30. The number of piperidine rings is 1. The smallest absolute Gasteiger partial charge is 0.410 e. The van der Waals surface area contributed by atoms with Gasteiger partial charge in [-0.05, 0) is 74.6 Å². The second-order valence-electron chi connectivity index (χ2n) is 11.7. The SMILES string of the molecule is CCN(C(=O)Oc1ccc(F)cc1)[C@]1(C(=O)C2CCN(C(=O)C3(C(F)(F)F)CCC3)CC2)CNC[C@H]1c1ccc(Cl)c(F)c1. The van der Waals surface area contributed by atoms with Gasteiger partial charge in [-0.2, -0.15) is 13.2 Å². The van der Waals surface area contributed by atoms with E-state index in [4.69, 9.17) is 16.3 Å². The summed E-state index contributed by atoms with van der Waals surface area (Å²) in [6.07, 6.45) is -5.49. The Balaban J connectivity index is 1.44. The molecule has 2 atom stereocenters. The van der Waals surface area contributed by atoms with Gasteiger partial charge in [-0.3, -0.25) is 14.5 Å². The van der Waals surface area contributed by atoms with Gasteiger partial charge in [0.1, 0.15) is 28.3 Å². The van der Waals surface area contributed by atoms with Crippen LogP contribution < -0.4 is 10.1 Å². The third-order valence-electron chi connectivity index (χ3n) is 9.44. The molecule has 2 aliphatic heterocycles. The number of hydrogen-bond acceptors (Lipinski definition) is 5. The Bertz CT molecular complexity index is 1410. The molecule has 2 heterocycles. The molecule has 0 bridgehead atoms. The van der Waals surface area contributed by atoms with Crippen LogP contribution in [0.5, 0.6) is 5.75 Å². The first-order chi connectivity index (χ1) is 20.8. The molecule has 238 valence electrons. The molecule has 2 aromatic carbocycles. The fraction of sp³-hybridized carbons (Fsp3) is 0.516. The number of likely N-dealkylation sites (N-methyl/N-ethyl adjacent to an activating group) is 1. The molecular weight excluding hydrogens is 609 g/mol. The number of rotatable bonds is 7. The van der Waals surface area contributed by atoms with Crippen molar-refractivity contribution in [3.05, 3.63) is 64.7 Å². The first kappa shape index (κ1) is 32.2. The van der Waals surface area contributed by atoms with E-state index >= 15 is 0 Å². The predicted molar refractivity (Wildman–Crippen MR) is 151 cm³/mol. The minimum Gasteiger partial charge on any atom is -0.410 e. The monoisotopic (exact) mass is 641 g/mol. The number of ketones is 1. The lowest BCUT2D eigenvalue weighted by molar-refractivity contribution is -0.249. The fourth-order valence-electron chi connectivity index (χ4n) is 6.88. The second kappa shape index (κ2) is 12.3. The van der Waals surface area contributed by atoms with Crippen LogP contribution in [0.25, 0.3) is 0 Å². The average Bonchev–Trinajstić information content (AvgIpc) is 3.40. The number of amides is 2. The number of ether oxygens (including phenoxy) is 1. The molecule has 2 amide bonds. The molecule has 44 heavy (non-hydrogen) atoms. The number of hydrogen-bond donors (Lipinski definition) is 1. The van der Waals surface area contributed by atoms with Crippen molar-refractivity contribution in [2.45, 2.75) is 56.7 Å². The zero-order chi connectivity index (χ0) is 31.9. The zero-order valence-electron chi connectivity index (χ0n) is 24.1. The number of nitrogens with zero attached hydrogens (tertiary/aromatic N) is 2. The highest BCUT2D eigenvalue weighted by Crippen LogP contribution is 2.54. The highest BCUT2D eigenvalue weighted by atomic mass is 35.5. The Labute approximate surface area is 256 Å². The first-order valence-electron chi connectivity index (χ1n) is 14.6. The summed E-state index contributed by atoms with van der Waals surface area (Å²) in [6.45, 7) is 1.81. The van der Waals surface area contributed by atoms with Gasteiger partial charge in [-0.25, -0.2) is 13.6 Å². The van der Waals surface area contributed by atoms with Gasteiger partial charge in [0.15, 0.2) is 5.78 Å². The zero-order valence-corrected chi connectivity index (χ0v) is 24.8. The molecular formula is C31H33ClF5N3O4. The molecule has 3 fully saturated rings. The summed E-state index contributed by atoms with van der Waals surface area (Å²) in [4.78, 5) is 43.8. The van der Waals surface area contributed by atoms with E-state index in [-0.39, 0.29) is 75.0 Å². The summed E-state index contributed by atoms with van der Waals surface area (Å²) in [5, 5.41) is 3.06. The van der Waals surface area contributed by atoms with E-state index < -0.39 is 52.6 Å². The molecule has 2 saturated heterocycles. The maximum atomic E-state index is 14.6. The van der Waals surface area contributed by atoms with Crippen molar-refractivity contribution >= 4 is 29.4 Å². The number of carbonyl (C=O) groups is 3. The van der Waals surface area contributed by atoms with Gasteiger partial charge in [0.25, 0.3) is 0 Å². The van der Waals surface area contributed by atoms with Gasteiger partial charge in [-0.15, -0.1) is 0 Å². The number of alkyl halides is 3. The van der Waals surface area contributed by atoms with Crippen LogP contribution in [0.15, 0.2) is 42.5 Å². The van der Waals surface area contributed by atoms with Gasteiger partial charge in [0.05, 0.1) is 5.02 Å². The van der Waals surface area contributed by atoms with E-state index in [0.29, 0.717) is 12.0 Å². The molecule has 5 rings (SSSR count). The number of carbonyl (C=O) groups excluding carboxylic acids is 3. The molecule has 0 spiro atoms. The fourth-order valence-corrected chi connectivity index (χ4v) is 7.00. The molecule has 1 N–H and O–H groups in total. The molecule has 0 radical (unpaired) electrons. The Morgan fingerprint density at radius 3 is 2.27 bits per heavy atom. The predicted octanol–water partition coefficient (Wildman–Crippen LogP) is 6.11. The van der Waals surface area contributed by atoms with Crippen LogP contribution in [0.2, 0.25) is 5.02 Å². The van der Waals surface area contributed by atoms with E-state index in [1.165, 1.54) is 34.1 Å². The summed E-state index contributed by atoms with van der Waals surface area (Å²) < 4.78 is 75.2. The van der Waals surface area contributed by atoms with E-state index in [1.807, 2.05) is 0 Å². The molecule has 7 nitrogen and oxygen atoms in total. The average molecular weight is 642 g/mol. The Morgan fingerprint density at radius 1 is 1.07 bits per heavy atom. The summed E-state index contributed by atoms with van der Waals surface area (Å²) in [7, 11) is 0. The third-order valence-corrected chi connectivity index (χ3v) is 9.75. The van der Waals surface area contributed by atoms with Crippen molar-refractivity contribution in [3.63, 3.8) is 0 Å². The van der Waals surface area contributed by atoms with Crippen molar-refractivity contribution in [2.75, 3.05) is 32.7 Å². The summed E-state index contributed by atoms with van der Waals surface area (Å²) in [6, 6.07) is 8.97. The first-order valence-corrected chi connectivity index (χ1v) is 15.0. The van der Waals surface area contributed by atoms with E-state index in [0.717, 1.165) is 12.1 Å². The largest absolute Gasteiger partial charge is 0.416 e. The summed E-state index contributed by atoms with van der Waals surface area (Å²) in [5.74, 6) is -3.92. The topological polar surface area (TPSA) is 79.0 Å². The lowest BCUT2D eigenvalue weighted by Crippen LogP contribution is -2.64. The van der Waals surface area contributed by atoms with Crippen LogP contribution in [-0.4, -0.2) is 72.0 Å². The van der Waals surface area contributed by atoms with Crippen LogP contribution in [0, 0.1) is 23.0 Å². The van der Waals surface area contributed by atoms with Gasteiger partial charge in [-0.1, -0.05) is 24.1 Å². The second-order valence-corrected chi connectivity index (χ2v) is 12.1. The van der Waals surface area contributed by atoms with Gasteiger partial charge >= 0.3 is 12.3 Å². The normalized spacial score (nSPS) is 23.6. The Hall–Kier alpha value is -3.25. The molecule has 0 aromatic heterocycles. The van der Waals surface area contributed by atoms with Crippen LogP contribution in [0.1, 0.15) is 50.5 Å². The molecule has 2 aromatic rings. The lowest BCUT2D eigenvalue weighted by Gasteiger charge is -2.47. The number of benzene rings is 2. The number of Topliss-reactive ketones (excluding diaryl/α,β-unsaturated/α-hetero) is 1. The number of likely N-dealkylation sites (tertiary alicyclic amines) is 1. The molecule has 13 heteroatoms. The lowest BCUT2D eigenvalue weighted by atomic mass is 9.66. The maximum absolute atomic E-state index is 14.6. The molecule has 1 saturated carbocycles. The quantitative estimate of drug-likeness (QED) is 0.370. The van der Waals surface area contributed by atoms with Crippen LogP contribution in [-0.2, 0) is 9.59 Å². The summed E-state index contributed by atoms with van der Waals surface area (Å²) in [5.41, 5.74) is -3.51. The minimum absolute atomic E-state index is 0.00341. The van der Waals surface area contributed by atoms with E-state index in [2.05, 4.69) is 5.32 Å². The number of nitrogens with one attached hydrogen (secondary N) is 1. The van der Waals surface area contributed by atoms with Gasteiger partial charge in [0, 0.05) is 44.6 Å². The van der Waals surface area contributed by atoms with Gasteiger partial charge in [0.2, 0.25) is 5.91 Å². The van der Waals surface area contributed by atoms with Gasteiger partial charge < -0.3 is 15.0 Å². The third kappa shape index (κ3) is 5.55. The van der Waals surface area contributed by atoms with Crippen molar-refractivity contribution in [3.8, 4) is 5.75 Å². The van der Waals surface area contributed by atoms with E-state index in [1.54, 1.807) is 13.0 Å².